The molecular formula is C13H22N4. The molecule has 1 aliphatic heterocycles. The van der Waals surface area contributed by atoms with Gasteiger partial charge in [-0.25, -0.2) is 0 Å². The molecule has 17 heavy (non-hydrogen) atoms. The van der Waals surface area contributed by atoms with Crippen molar-refractivity contribution in [3.8, 4) is 0 Å². The molecule has 0 aromatic carbocycles. The van der Waals surface area contributed by atoms with Gasteiger partial charge in [-0.05, 0) is 38.9 Å². The maximum absolute atomic E-state index is 4.07. The van der Waals surface area contributed by atoms with Gasteiger partial charge in [0.1, 0.15) is 0 Å². The summed E-state index contributed by atoms with van der Waals surface area (Å²) in [6.07, 6.45) is 4.84. The zero-order valence-corrected chi connectivity index (χ0v) is 10.7. The molecule has 4 heteroatoms. The van der Waals surface area contributed by atoms with Gasteiger partial charge in [-0.15, -0.1) is 0 Å². The zero-order valence-electron chi connectivity index (χ0n) is 10.7. The Bertz CT molecular complexity index is 337. The van der Waals surface area contributed by atoms with E-state index >= 15 is 0 Å². The fourth-order valence-corrected chi connectivity index (χ4v) is 2.30. The predicted octanol–water partition coefficient (Wildman–Crippen LogP) is 1.22. The molecule has 3 N–H and O–H groups in total. The third kappa shape index (κ3) is 3.41. The van der Waals surface area contributed by atoms with Crippen molar-refractivity contribution in [3.05, 3.63) is 24.5 Å². The van der Waals surface area contributed by atoms with Gasteiger partial charge >= 0.3 is 0 Å². The zero-order chi connectivity index (χ0) is 12.1. The quantitative estimate of drug-likeness (QED) is 0.671. The highest BCUT2D eigenvalue weighted by Gasteiger charge is 2.33. The Labute approximate surface area is 103 Å². The standard InChI is InChI=1S/C13H22N4/c1-13(2)12(5-7-17-13)16-9-8-15-11-4-3-6-14-10-11/h3-4,6,10,12,15-17H,5,7-9H2,1-2H3/t12-/m1/s1. The van der Waals surface area contributed by atoms with Gasteiger partial charge < -0.3 is 16.0 Å². The Hall–Kier alpha value is -1.13. The molecule has 0 bridgehead atoms. The molecule has 0 amide bonds. The molecule has 1 aromatic heterocycles. The molecule has 0 saturated carbocycles. The van der Waals surface area contributed by atoms with Crippen molar-refractivity contribution in [2.75, 3.05) is 25.0 Å². The van der Waals surface area contributed by atoms with Crippen LogP contribution in [0.3, 0.4) is 0 Å². The lowest BCUT2D eigenvalue weighted by molar-refractivity contribution is 0.355. The predicted molar refractivity (Wildman–Crippen MR) is 71.2 cm³/mol. The van der Waals surface area contributed by atoms with E-state index in [1.54, 1.807) is 6.20 Å². The average Bonchev–Trinajstić information content (AvgIpc) is 2.66. The minimum atomic E-state index is 0.217. The van der Waals surface area contributed by atoms with E-state index in [1.807, 2.05) is 18.3 Å². The second-order valence-corrected chi connectivity index (χ2v) is 5.11. The van der Waals surface area contributed by atoms with Crippen molar-refractivity contribution in [2.24, 2.45) is 0 Å². The molecule has 1 fully saturated rings. The van der Waals surface area contributed by atoms with Gasteiger partial charge in [0, 0.05) is 37.1 Å². The fraction of sp³-hybridized carbons (Fsp3) is 0.615. The van der Waals surface area contributed by atoms with Crippen molar-refractivity contribution in [3.63, 3.8) is 0 Å². The largest absolute Gasteiger partial charge is 0.383 e. The van der Waals surface area contributed by atoms with E-state index in [0.29, 0.717) is 6.04 Å². The summed E-state index contributed by atoms with van der Waals surface area (Å²) in [5, 5.41) is 10.5. The summed E-state index contributed by atoms with van der Waals surface area (Å²) >= 11 is 0. The third-order valence-electron chi connectivity index (χ3n) is 3.39. The monoisotopic (exact) mass is 234 g/mol. The van der Waals surface area contributed by atoms with Crippen molar-refractivity contribution >= 4 is 5.69 Å². The molecule has 0 unspecified atom stereocenters. The summed E-state index contributed by atoms with van der Waals surface area (Å²) in [5.74, 6) is 0. The van der Waals surface area contributed by atoms with Crippen molar-refractivity contribution in [1.29, 1.82) is 0 Å². The summed E-state index contributed by atoms with van der Waals surface area (Å²) in [7, 11) is 0. The molecule has 1 atom stereocenters. The van der Waals surface area contributed by atoms with Crippen LogP contribution in [0.1, 0.15) is 20.3 Å². The Morgan fingerprint density at radius 3 is 3.00 bits per heavy atom. The van der Waals surface area contributed by atoms with Crippen LogP contribution in [-0.4, -0.2) is 36.2 Å². The second kappa shape index (κ2) is 5.47. The molecule has 2 heterocycles. The smallest absolute Gasteiger partial charge is 0.0527 e. The summed E-state index contributed by atoms with van der Waals surface area (Å²) in [5.41, 5.74) is 1.30. The first-order valence-corrected chi connectivity index (χ1v) is 6.31. The van der Waals surface area contributed by atoms with E-state index in [1.165, 1.54) is 6.42 Å². The van der Waals surface area contributed by atoms with Gasteiger partial charge in [0.05, 0.1) is 5.69 Å². The molecule has 1 aromatic rings. The molecule has 0 aliphatic carbocycles. The van der Waals surface area contributed by atoms with Crippen LogP contribution in [0.2, 0.25) is 0 Å². The number of pyridine rings is 1. The van der Waals surface area contributed by atoms with E-state index < -0.39 is 0 Å². The maximum atomic E-state index is 4.07. The highest BCUT2D eigenvalue weighted by molar-refractivity contribution is 5.39. The lowest BCUT2D eigenvalue weighted by Crippen LogP contribution is -2.49. The van der Waals surface area contributed by atoms with Crippen LogP contribution in [0.25, 0.3) is 0 Å². The molecule has 1 aliphatic rings. The first-order chi connectivity index (χ1) is 8.18. The van der Waals surface area contributed by atoms with Crippen LogP contribution in [0.15, 0.2) is 24.5 Å². The highest BCUT2D eigenvalue weighted by atomic mass is 15.1. The van der Waals surface area contributed by atoms with Crippen LogP contribution in [0.4, 0.5) is 5.69 Å². The number of anilines is 1. The molecular weight excluding hydrogens is 212 g/mol. The molecule has 0 radical (unpaired) electrons. The molecule has 2 rings (SSSR count). The highest BCUT2D eigenvalue weighted by Crippen LogP contribution is 2.17. The lowest BCUT2D eigenvalue weighted by atomic mass is 9.97. The summed E-state index contributed by atoms with van der Waals surface area (Å²) in [4.78, 5) is 4.07. The van der Waals surface area contributed by atoms with Gasteiger partial charge in [-0.3, -0.25) is 4.98 Å². The number of nitrogens with one attached hydrogen (secondary N) is 3. The Morgan fingerprint density at radius 2 is 2.35 bits per heavy atom. The average molecular weight is 234 g/mol. The van der Waals surface area contributed by atoms with E-state index in [2.05, 4.69) is 34.8 Å². The van der Waals surface area contributed by atoms with Gasteiger partial charge in [-0.1, -0.05) is 0 Å². The SMILES string of the molecule is CC1(C)NCC[C@H]1NCCNc1cccnc1. The molecule has 0 spiro atoms. The summed E-state index contributed by atoms with van der Waals surface area (Å²) < 4.78 is 0. The number of hydrogen-bond acceptors (Lipinski definition) is 4. The topological polar surface area (TPSA) is 49.0 Å². The Balaban J connectivity index is 1.67. The molecule has 1 saturated heterocycles. The maximum Gasteiger partial charge on any atom is 0.0527 e. The van der Waals surface area contributed by atoms with Gasteiger partial charge in [0.25, 0.3) is 0 Å². The van der Waals surface area contributed by atoms with E-state index in [9.17, 15) is 0 Å². The number of nitrogens with zero attached hydrogens (tertiary/aromatic N) is 1. The first-order valence-electron chi connectivity index (χ1n) is 6.31. The van der Waals surface area contributed by atoms with E-state index in [-0.39, 0.29) is 5.54 Å². The van der Waals surface area contributed by atoms with Crippen molar-refractivity contribution in [2.45, 2.75) is 31.8 Å². The minimum Gasteiger partial charge on any atom is -0.383 e. The Kier molecular flexibility index (Phi) is 3.97. The number of rotatable bonds is 5. The summed E-state index contributed by atoms with van der Waals surface area (Å²) in [6, 6.07) is 4.55. The van der Waals surface area contributed by atoms with Crippen LogP contribution in [-0.2, 0) is 0 Å². The van der Waals surface area contributed by atoms with E-state index in [0.717, 1.165) is 25.3 Å². The van der Waals surface area contributed by atoms with Crippen LogP contribution in [0, 0.1) is 0 Å². The summed E-state index contributed by atoms with van der Waals surface area (Å²) in [6.45, 7) is 7.53. The van der Waals surface area contributed by atoms with Gasteiger partial charge in [-0.2, -0.15) is 0 Å². The van der Waals surface area contributed by atoms with Crippen LogP contribution < -0.4 is 16.0 Å². The van der Waals surface area contributed by atoms with Gasteiger partial charge in [0.2, 0.25) is 0 Å². The van der Waals surface area contributed by atoms with Crippen LogP contribution >= 0.6 is 0 Å². The lowest BCUT2D eigenvalue weighted by Gasteiger charge is -2.28. The third-order valence-corrected chi connectivity index (χ3v) is 3.39. The number of aromatic nitrogens is 1. The van der Waals surface area contributed by atoms with Crippen LogP contribution in [0.5, 0.6) is 0 Å². The van der Waals surface area contributed by atoms with Crippen molar-refractivity contribution < 1.29 is 0 Å². The normalized spacial score (nSPS) is 22.6. The first kappa shape index (κ1) is 12.3. The van der Waals surface area contributed by atoms with Gasteiger partial charge in [0.15, 0.2) is 0 Å². The number of hydrogen-bond donors (Lipinski definition) is 3. The fourth-order valence-electron chi connectivity index (χ4n) is 2.30. The molecule has 4 nitrogen and oxygen atoms in total. The second-order valence-electron chi connectivity index (χ2n) is 5.11. The van der Waals surface area contributed by atoms with E-state index in [4.69, 9.17) is 0 Å². The van der Waals surface area contributed by atoms with Crippen molar-refractivity contribution in [1.82, 2.24) is 15.6 Å². The molecule has 94 valence electrons. The minimum absolute atomic E-state index is 0.217. The Morgan fingerprint density at radius 1 is 1.47 bits per heavy atom.